The van der Waals surface area contributed by atoms with E-state index in [-0.39, 0.29) is 6.10 Å². The van der Waals surface area contributed by atoms with E-state index in [1.807, 2.05) is 0 Å². The van der Waals surface area contributed by atoms with Gasteiger partial charge in [0.1, 0.15) is 0 Å². The normalized spacial score (nSPS) is 20.4. The lowest BCUT2D eigenvalue weighted by atomic mass is 10.0. The largest absolute Gasteiger partial charge is 0.380 e. The van der Waals surface area contributed by atoms with E-state index in [0.717, 1.165) is 19.6 Å². The summed E-state index contributed by atoms with van der Waals surface area (Å²) in [7, 11) is 1.79. The van der Waals surface area contributed by atoms with Crippen LogP contribution in [0.2, 0.25) is 0 Å². The fraction of sp³-hybridized carbons (Fsp3) is 0.647. The van der Waals surface area contributed by atoms with Gasteiger partial charge >= 0.3 is 0 Å². The summed E-state index contributed by atoms with van der Waals surface area (Å²) in [6, 6.07) is 9.32. The Morgan fingerprint density at radius 3 is 2.95 bits per heavy atom. The first-order valence-electron chi connectivity index (χ1n) is 7.86. The Morgan fingerprint density at radius 1 is 1.40 bits per heavy atom. The molecule has 1 heterocycles. The molecule has 1 aromatic rings. The first-order valence-corrected chi connectivity index (χ1v) is 7.86. The van der Waals surface area contributed by atoms with Crippen molar-refractivity contribution in [3.8, 4) is 0 Å². The lowest BCUT2D eigenvalue weighted by Crippen LogP contribution is -2.32. The Morgan fingerprint density at radius 2 is 2.20 bits per heavy atom. The van der Waals surface area contributed by atoms with Gasteiger partial charge in [0.15, 0.2) is 0 Å². The van der Waals surface area contributed by atoms with E-state index < -0.39 is 0 Å². The molecule has 1 aliphatic heterocycles. The van der Waals surface area contributed by atoms with Crippen LogP contribution in [0, 0.1) is 0 Å². The highest BCUT2D eigenvalue weighted by Crippen LogP contribution is 2.32. The van der Waals surface area contributed by atoms with Gasteiger partial charge in [-0.1, -0.05) is 25.1 Å². The summed E-state index contributed by atoms with van der Waals surface area (Å²) in [5, 5.41) is 3.70. The highest BCUT2D eigenvalue weighted by molar-refractivity contribution is 5.56. The van der Waals surface area contributed by atoms with Crippen molar-refractivity contribution >= 4 is 5.69 Å². The number of para-hydroxylation sites is 1. The smallest absolute Gasteiger partial charge is 0.0718 e. The second kappa shape index (κ2) is 7.65. The number of nitrogens with one attached hydrogen (secondary N) is 1. The molecule has 3 heteroatoms. The van der Waals surface area contributed by atoms with Crippen molar-refractivity contribution in [2.45, 2.75) is 45.3 Å². The number of nitrogens with zero attached hydrogens (tertiary/aromatic N) is 1. The predicted octanol–water partition coefficient (Wildman–Crippen LogP) is 3.36. The molecule has 0 bridgehead atoms. The summed E-state index contributed by atoms with van der Waals surface area (Å²) in [4.78, 5) is 2.48. The molecular formula is C17H28N2O. The Bertz CT molecular complexity index is 408. The van der Waals surface area contributed by atoms with Crippen LogP contribution in [0.15, 0.2) is 24.3 Å². The minimum absolute atomic E-state index is 0.267. The maximum Gasteiger partial charge on any atom is 0.0718 e. The SMILES string of the molecule is CCCNC1CCCN(CC(C)OC)c2ccccc21. The van der Waals surface area contributed by atoms with Gasteiger partial charge in [-0.15, -0.1) is 0 Å². The molecule has 2 atom stereocenters. The molecule has 3 nitrogen and oxygen atoms in total. The molecule has 0 fully saturated rings. The molecule has 0 aromatic heterocycles. The van der Waals surface area contributed by atoms with E-state index in [1.54, 1.807) is 7.11 Å². The first-order chi connectivity index (χ1) is 9.76. The van der Waals surface area contributed by atoms with Gasteiger partial charge in [-0.3, -0.25) is 0 Å². The highest BCUT2D eigenvalue weighted by atomic mass is 16.5. The van der Waals surface area contributed by atoms with Crippen LogP contribution in [0.1, 0.15) is 44.7 Å². The van der Waals surface area contributed by atoms with E-state index in [2.05, 4.69) is 48.3 Å². The molecule has 2 rings (SSSR count). The maximum absolute atomic E-state index is 5.44. The zero-order valence-corrected chi connectivity index (χ0v) is 13.1. The van der Waals surface area contributed by atoms with Crippen molar-refractivity contribution in [1.29, 1.82) is 0 Å². The quantitative estimate of drug-likeness (QED) is 0.862. The third-order valence-corrected chi connectivity index (χ3v) is 4.09. The third kappa shape index (κ3) is 3.74. The summed E-state index contributed by atoms with van der Waals surface area (Å²) in [5.74, 6) is 0. The summed E-state index contributed by atoms with van der Waals surface area (Å²) < 4.78 is 5.44. The number of hydrogen-bond donors (Lipinski definition) is 1. The number of anilines is 1. The van der Waals surface area contributed by atoms with E-state index in [9.17, 15) is 0 Å². The van der Waals surface area contributed by atoms with Gasteiger partial charge < -0.3 is 15.0 Å². The fourth-order valence-electron chi connectivity index (χ4n) is 2.94. The van der Waals surface area contributed by atoms with E-state index in [1.165, 1.54) is 30.5 Å². The number of ether oxygens (including phenoxy) is 1. The van der Waals surface area contributed by atoms with Gasteiger partial charge in [0.25, 0.3) is 0 Å². The van der Waals surface area contributed by atoms with Crippen molar-refractivity contribution < 1.29 is 4.74 Å². The molecule has 1 aliphatic rings. The van der Waals surface area contributed by atoms with Crippen LogP contribution in [0.5, 0.6) is 0 Å². The van der Waals surface area contributed by atoms with Crippen LogP contribution >= 0.6 is 0 Å². The van der Waals surface area contributed by atoms with Crippen molar-refractivity contribution in [3.63, 3.8) is 0 Å². The summed E-state index contributed by atoms with van der Waals surface area (Å²) >= 11 is 0. The second-order valence-electron chi connectivity index (χ2n) is 5.70. The lowest BCUT2D eigenvalue weighted by Gasteiger charge is -2.28. The second-order valence-corrected chi connectivity index (χ2v) is 5.70. The molecule has 0 amide bonds. The van der Waals surface area contributed by atoms with Gasteiger partial charge in [0.2, 0.25) is 0 Å². The van der Waals surface area contributed by atoms with E-state index >= 15 is 0 Å². The van der Waals surface area contributed by atoms with E-state index in [0.29, 0.717) is 6.04 Å². The summed E-state index contributed by atoms with van der Waals surface area (Å²) in [5.41, 5.74) is 2.82. The Kier molecular flexibility index (Phi) is 5.86. The molecule has 0 spiro atoms. The Labute approximate surface area is 123 Å². The zero-order valence-electron chi connectivity index (χ0n) is 13.1. The van der Waals surface area contributed by atoms with Crippen molar-refractivity contribution in [1.82, 2.24) is 5.32 Å². The van der Waals surface area contributed by atoms with Gasteiger partial charge in [-0.25, -0.2) is 0 Å². The third-order valence-electron chi connectivity index (χ3n) is 4.09. The monoisotopic (exact) mass is 276 g/mol. The van der Waals surface area contributed by atoms with Crippen LogP contribution < -0.4 is 10.2 Å². The molecule has 0 saturated heterocycles. The number of hydrogen-bond acceptors (Lipinski definition) is 3. The van der Waals surface area contributed by atoms with Crippen molar-refractivity contribution in [2.75, 3.05) is 31.6 Å². The molecule has 0 saturated carbocycles. The number of methoxy groups -OCH3 is 1. The number of rotatable bonds is 6. The van der Waals surface area contributed by atoms with Crippen LogP contribution in [0.25, 0.3) is 0 Å². The topological polar surface area (TPSA) is 24.5 Å². The van der Waals surface area contributed by atoms with E-state index in [4.69, 9.17) is 4.74 Å². The highest BCUT2D eigenvalue weighted by Gasteiger charge is 2.22. The maximum atomic E-state index is 5.44. The zero-order chi connectivity index (χ0) is 14.4. The van der Waals surface area contributed by atoms with Crippen LogP contribution in [0.3, 0.4) is 0 Å². The lowest BCUT2D eigenvalue weighted by molar-refractivity contribution is 0.123. The number of benzene rings is 1. The minimum atomic E-state index is 0.267. The number of fused-ring (bicyclic) bond motifs is 1. The molecule has 0 aliphatic carbocycles. The average molecular weight is 276 g/mol. The molecule has 1 N–H and O–H groups in total. The standard InChI is InChI=1S/C17H28N2O/c1-4-11-18-16-9-7-12-19(13-14(2)20-3)17-10-6-5-8-15(16)17/h5-6,8,10,14,16,18H,4,7,9,11-13H2,1-3H3. The van der Waals surface area contributed by atoms with Gasteiger partial charge in [0, 0.05) is 31.9 Å². The van der Waals surface area contributed by atoms with Crippen LogP contribution in [-0.2, 0) is 4.74 Å². The molecule has 0 radical (unpaired) electrons. The van der Waals surface area contributed by atoms with Crippen molar-refractivity contribution in [2.24, 2.45) is 0 Å². The van der Waals surface area contributed by atoms with Gasteiger partial charge in [-0.05, 0) is 44.4 Å². The van der Waals surface area contributed by atoms with Gasteiger partial charge in [0.05, 0.1) is 6.10 Å². The molecule has 112 valence electrons. The molecule has 2 unspecified atom stereocenters. The van der Waals surface area contributed by atoms with Crippen molar-refractivity contribution in [3.05, 3.63) is 29.8 Å². The first kappa shape index (κ1) is 15.3. The summed E-state index contributed by atoms with van der Waals surface area (Å²) in [6.07, 6.45) is 3.90. The minimum Gasteiger partial charge on any atom is -0.380 e. The van der Waals surface area contributed by atoms with Crippen LogP contribution in [0.4, 0.5) is 5.69 Å². The fourth-order valence-corrected chi connectivity index (χ4v) is 2.94. The molecule has 1 aromatic carbocycles. The van der Waals surface area contributed by atoms with Crippen LogP contribution in [-0.4, -0.2) is 32.8 Å². The van der Waals surface area contributed by atoms with Gasteiger partial charge in [-0.2, -0.15) is 0 Å². The molecule has 20 heavy (non-hydrogen) atoms. The Balaban J connectivity index is 2.20. The Hall–Kier alpha value is -1.06. The summed E-state index contributed by atoms with van der Waals surface area (Å²) in [6.45, 7) is 7.54. The average Bonchev–Trinajstić information content (AvgIpc) is 2.65. The predicted molar refractivity (Wildman–Crippen MR) is 85.4 cm³/mol. The molecular weight excluding hydrogens is 248 g/mol.